The Labute approximate surface area is 187 Å². The van der Waals surface area contributed by atoms with Crippen LogP contribution in [0.1, 0.15) is 16.7 Å². The fourth-order valence-electron chi connectivity index (χ4n) is 3.73. The van der Waals surface area contributed by atoms with Crippen molar-refractivity contribution in [2.45, 2.75) is 13.1 Å². The first-order valence-electron chi connectivity index (χ1n) is 10.0. The highest BCUT2D eigenvalue weighted by molar-refractivity contribution is 7.17. The number of methoxy groups -OCH3 is 1. The maximum absolute atomic E-state index is 13.3. The van der Waals surface area contributed by atoms with Crippen LogP contribution in [0.15, 0.2) is 76.1 Å². The van der Waals surface area contributed by atoms with Crippen molar-refractivity contribution in [3.8, 4) is 5.75 Å². The number of nitrogens with zero attached hydrogens (tertiary/aromatic N) is 4. The van der Waals surface area contributed by atoms with Gasteiger partial charge in [-0.3, -0.25) is 9.36 Å². The van der Waals surface area contributed by atoms with Gasteiger partial charge in [0.25, 0.3) is 5.56 Å². The Balaban J connectivity index is 1.65. The van der Waals surface area contributed by atoms with Crippen molar-refractivity contribution in [3.05, 3.63) is 104 Å². The summed E-state index contributed by atoms with van der Waals surface area (Å²) in [5.74, 6) is 1.06. The molecule has 8 heteroatoms. The zero-order chi connectivity index (χ0) is 22.2. The summed E-state index contributed by atoms with van der Waals surface area (Å²) in [6.07, 6.45) is 1.77. The number of benzene rings is 2. The highest BCUT2D eigenvalue weighted by atomic mass is 32.1. The normalized spacial score (nSPS) is 11.3. The Morgan fingerprint density at radius 3 is 2.38 bits per heavy atom. The van der Waals surface area contributed by atoms with E-state index in [9.17, 15) is 9.59 Å². The molecule has 0 aliphatic carbocycles. The summed E-state index contributed by atoms with van der Waals surface area (Å²) in [6.45, 7) is 4.37. The van der Waals surface area contributed by atoms with Crippen LogP contribution < -0.4 is 16.0 Å². The molecule has 5 aromatic rings. The summed E-state index contributed by atoms with van der Waals surface area (Å²) in [4.78, 5) is 26.5. The Morgan fingerprint density at radius 1 is 1.00 bits per heavy atom. The van der Waals surface area contributed by atoms with Gasteiger partial charge in [0.2, 0.25) is 5.78 Å². The van der Waals surface area contributed by atoms with E-state index >= 15 is 0 Å². The first-order valence-corrected chi connectivity index (χ1v) is 10.9. The molecule has 3 heterocycles. The van der Waals surface area contributed by atoms with E-state index in [0.29, 0.717) is 29.1 Å². The van der Waals surface area contributed by atoms with Crippen LogP contribution in [0, 0.1) is 0 Å². The lowest BCUT2D eigenvalue weighted by Crippen LogP contribution is -2.26. The first kappa shape index (κ1) is 20.0. The highest BCUT2D eigenvalue weighted by Gasteiger charge is 2.18. The molecule has 3 aromatic heterocycles. The molecule has 0 aliphatic heterocycles. The van der Waals surface area contributed by atoms with Crippen molar-refractivity contribution < 1.29 is 4.74 Å². The van der Waals surface area contributed by atoms with Crippen LogP contribution in [-0.4, -0.2) is 25.9 Å². The summed E-state index contributed by atoms with van der Waals surface area (Å²) in [5.41, 5.74) is 2.99. The lowest BCUT2D eigenvalue weighted by atomic mass is 10.1. The maximum atomic E-state index is 13.3. The molecular formula is C24H20N4O3S. The van der Waals surface area contributed by atoms with E-state index in [1.165, 1.54) is 20.4 Å². The molecule has 2 aromatic carbocycles. The quantitative estimate of drug-likeness (QED) is 0.401. The minimum absolute atomic E-state index is 0.161. The molecule has 0 aliphatic rings. The summed E-state index contributed by atoms with van der Waals surface area (Å²) >= 11 is 1.33. The molecule has 0 saturated heterocycles. The van der Waals surface area contributed by atoms with Gasteiger partial charge >= 0.3 is 5.69 Å². The fraction of sp³-hybridized carbons (Fsp3) is 0.125. The minimum Gasteiger partial charge on any atom is -0.497 e. The first-order chi connectivity index (χ1) is 15.6. The van der Waals surface area contributed by atoms with Crippen molar-refractivity contribution >= 4 is 33.4 Å². The van der Waals surface area contributed by atoms with Crippen LogP contribution in [-0.2, 0) is 13.1 Å². The summed E-state index contributed by atoms with van der Waals surface area (Å²) in [6, 6.07) is 17.1. The van der Waals surface area contributed by atoms with Crippen LogP contribution >= 0.6 is 11.3 Å². The average Bonchev–Trinajstić information content (AvgIpc) is 3.43. The van der Waals surface area contributed by atoms with Gasteiger partial charge in [0.15, 0.2) is 0 Å². The van der Waals surface area contributed by atoms with Crippen LogP contribution in [0.5, 0.6) is 5.75 Å². The number of hydrogen-bond donors (Lipinski definition) is 0. The lowest BCUT2D eigenvalue weighted by molar-refractivity contribution is 0.414. The second-order valence-corrected chi connectivity index (χ2v) is 8.31. The zero-order valence-corrected chi connectivity index (χ0v) is 18.2. The standard InChI is InChI=1S/C24H20N4O3S/c1-3-16-4-6-18(7-5-16)15-27-24(30)28-20-12-13-32-21(20)22(29)26(23(28)25-27)14-17-8-10-19(31-2)11-9-17/h3-13H,1,14-15H2,2H3. The Morgan fingerprint density at radius 2 is 1.69 bits per heavy atom. The maximum Gasteiger partial charge on any atom is 0.352 e. The molecule has 0 radical (unpaired) electrons. The van der Waals surface area contributed by atoms with Gasteiger partial charge in [-0.25, -0.2) is 13.9 Å². The molecule has 0 saturated carbocycles. The largest absolute Gasteiger partial charge is 0.497 e. The van der Waals surface area contributed by atoms with Gasteiger partial charge in [0.05, 0.1) is 25.7 Å². The van der Waals surface area contributed by atoms with Gasteiger partial charge in [-0.15, -0.1) is 16.4 Å². The van der Waals surface area contributed by atoms with Crippen LogP contribution in [0.2, 0.25) is 0 Å². The van der Waals surface area contributed by atoms with E-state index in [1.807, 2.05) is 53.9 Å². The smallest absolute Gasteiger partial charge is 0.352 e. The van der Waals surface area contributed by atoms with Gasteiger partial charge in [-0.05, 0) is 40.3 Å². The fourth-order valence-corrected chi connectivity index (χ4v) is 4.55. The molecule has 0 unspecified atom stereocenters. The van der Waals surface area contributed by atoms with Gasteiger partial charge in [0, 0.05) is 0 Å². The molecule has 0 spiro atoms. The number of hydrogen-bond acceptors (Lipinski definition) is 5. The number of ether oxygens (including phenoxy) is 1. The molecule has 0 atom stereocenters. The minimum atomic E-state index is -0.278. The Bertz CT molecular complexity index is 1550. The molecule has 0 amide bonds. The van der Waals surface area contributed by atoms with Crippen molar-refractivity contribution in [1.82, 2.24) is 18.7 Å². The van der Waals surface area contributed by atoms with Gasteiger partial charge in [-0.2, -0.15) is 0 Å². The van der Waals surface area contributed by atoms with E-state index < -0.39 is 0 Å². The monoisotopic (exact) mass is 444 g/mol. The van der Waals surface area contributed by atoms with E-state index in [0.717, 1.165) is 22.4 Å². The third-order valence-electron chi connectivity index (χ3n) is 5.44. The highest BCUT2D eigenvalue weighted by Crippen LogP contribution is 2.19. The SMILES string of the molecule is C=Cc1ccc(Cn2nc3n(Cc4ccc(OC)cc4)c(=O)c4sccc4n3c2=O)cc1. The average molecular weight is 445 g/mol. The molecule has 0 bridgehead atoms. The summed E-state index contributed by atoms with van der Waals surface area (Å²) in [5, 5.41) is 6.38. The van der Waals surface area contributed by atoms with E-state index in [2.05, 4.69) is 11.7 Å². The number of aromatic nitrogens is 4. The number of rotatable bonds is 6. The molecule has 32 heavy (non-hydrogen) atoms. The molecule has 0 N–H and O–H groups in total. The van der Waals surface area contributed by atoms with Gasteiger partial charge < -0.3 is 4.74 Å². The third-order valence-corrected chi connectivity index (χ3v) is 6.33. The van der Waals surface area contributed by atoms with Crippen LogP contribution in [0.3, 0.4) is 0 Å². The van der Waals surface area contributed by atoms with Crippen LogP contribution in [0.25, 0.3) is 22.1 Å². The molecular weight excluding hydrogens is 424 g/mol. The van der Waals surface area contributed by atoms with Crippen molar-refractivity contribution in [3.63, 3.8) is 0 Å². The molecule has 0 fully saturated rings. The summed E-state index contributed by atoms with van der Waals surface area (Å²) in [7, 11) is 1.61. The van der Waals surface area contributed by atoms with Crippen molar-refractivity contribution in [2.24, 2.45) is 0 Å². The summed E-state index contributed by atoms with van der Waals surface area (Å²) < 4.78 is 10.2. The second kappa shape index (κ2) is 7.97. The lowest BCUT2D eigenvalue weighted by Gasteiger charge is -2.08. The van der Waals surface area contributed by atoms with Gasteiger partial charge in [0.1, 0.15) is 10.4 Å². The van der Waals surface area contributed by atoms with Crippen LogP contribution in [0.4, 0.5) is 0 Å². The van der Waals surface area contributed by atoms with Crippen molar-refractivity contribution in [2.75, 3.05) is 7.11 Å². The van der Waals surface area contributed by atoms with E-state index in [-0.39, 0.29) is 11.2 Å². The van der Waals surface area contributed by atoms with Crippen molar-refractivity contribution in [1.29, 1.82) is 0 Å². The number of fused-ring (bicyclic) bond motifs is 3. The topological polar surface area (TPSA) is 70.5 Å². The second-order valence-electron chi connectivity index (χ2n) is 7.40. The predicted molar refractivity (Wildman–Crippen MR) is 127 cm³/mol. The van der Waals surface area contributed by atoms with Gasteiger partial charge in [-0.1, -0.05) is 49.1 Å². The van der Waals surface area contributed by atoms with E-state index in [4.69, 9.17) is 4.74 Å². The molecule has 7 nitrogen and oxygen atoms in total. The number of thiophene rings is 1. The Kier molecular flexibility index (Phi) is 4.99. The van der Waals surface area contributed by atoms with E-state index in [1.54, 1.807) is 23.8 Å². The molecule has 160 valence electrons. The third kappa shape index (κ3) is 3.34. The predicted octanol–water partition coefficient (Wildman–Crippen LogP) is 3.62. The Hall–Kier alpha value is -3.91. The zero-order valence-electron chi connectivity index (χ0n) is 17.4. The molecule has 5 rings (SSSR count).